The molecule has 0 spiro atoms. The third-order valence-electron chi connectivity index (χ3n) is 25.1. The Bertz CT molecular complexity index is 6800. The molecule has 4 amide bonds. The van der Waals surface area contributed by atoms with E-state index in [-0.39, 0.29) is 108 Å². The maximum absolute atomic E-state index is 14.6. The number of nitrogens with zero attached hydrogens (tertiary/aromatic N) is 18. The van der Waals surface area contributed by atoms with E-state index in [9.17, 15) is 67.6 Å². The average molecular weight is 1890 g/mol. The van der Waals surface area contributed by atoms with Crippen LogP contribution in [0, 0.1) is 11.6 Å². The number of amides is 4. The SMILES string of the molecule is COc1cccc(Cn2c(C(=O)N3CCNCC3)c(-c3ccccc3)n(C3CCCN(S(=O)(=O)c4cnn(C)c4)C3)c2=O)c1.Cn1cc(S(=O)(=O)N2CCCC(n3c(-c4ccccc4)c(C(=O)N4CCNCC4)n(CCNC(=O)c4ccccc4)c3=O)C2)cn1.Cn1cc(S(=O)(=O)N2CCCC(n3c(-c4ccccc4)c(C(=O)N4CCNCC4)n(Cc4ccc(F)c(F)c4)c3=O)C2)cn1. The summed E-state index contributed by atoms with van der Waals surface area (Å²) in [5, 5.41) is 24.7. The first kappa shape index (κ1) is 94.3. The highest BCUT2D eigenvalue weighted by Gasteiger charge is 2.43. The third kappa shape index (κ3) is 20.2. The van der Waals surface area contributed by atoms with Gasteiger partial charge in [0.2, 0.25) is 30.1 Å². The minimum Gasteiger partial charge on any atom is -0.497 e. The lowest BCUT2D eigenvalue weighted by molar-refractivity contribution is 0.0718. The van der Waals surface area contributed by atoms with Crippen LogP contribution in [0.25, 0.3) is 33.8 Å². The van der Waals surface area contributed by atoms with Gasteiger partial charge in [0, 0.05) is 193 Å². The summed E-state index contributed by atoms with van der Waals surface area (Å²) in [6, 6.07) is 45.7. The lowest BCUT2D eigenvalue weighted by Gasteiger charge is -2.33. The molecule has 134 heavy (non-hydrogen) atoms. The van der Waals surface area contributed by atoms with Crippen molar-refractivity contribution in [2.24, 2.45) is 21.1 Å². The molecule has 706 valence electrons. The number of hydrogen-bond acceptors (Lipinski definition) is 20. The molecule has 6 aromatic heterocycles. The molecule has 6 aromatic carbocycles. The van der Waals surface area contributed by atoms with Crippen LogP contribution >= 0.6 is 0 Å². The summed E-state index contributed by atoms with van der Waals surface area (Å²) in [6.07, 6.45) is 11.6. The van der Waals surface area contributed by atoms with Gasteiger partial charge in [0.1, 0.15) is 37.5 Å². The second-order valence-electron chi connectivity index (χ2n) is 33.8. The molecule has 6 aliphatic heterocycles. The van der Waals surface area contributed by atoms with Crippen molar-refractivity contribution in [1.82, 2.24) is 106 Å². The number of methoxy groups -OCH3 is 1. The van der Waals surface area contributed by atoms with Gasteiger partial charge in [-0.3, -0.25) is 60.6 Å². The molecule has 3 unspecified atom stereocenters. The molecule has 12 heterocycles. The second-order valence-corrected chi connectivity index (χ2v) is 39.7. The number of ether oxygens (including phenoxy) is 1. The van der Waals surface area contributed by atoms with Gasteiger partial charge in [-0.05, 0) is 86.1 Å². The quantitative estimate of drug-likeness (QED) is 0.0524. The molecule has 41 heteroatoms. The normalized spacial score (nSPS) is 17.9. The van der Waals surface area contributed by atoms with E-state index in [4.69, 9.17) is 4.74 Å². The van der Waals surface area contributed by atoms with Gasteiger partial charge in [-0.25, -0.2) is 48.4 Å². The van der Waals surface area contributed by atoms with Gasteiger partial charge in [0.05, 0.1) is 74.0 Å². The van der Waals surface area contributed by atoms with Crippen LogP contribution in [0.2, 0.25) is 0 Å². The van der Waals surface area contributed by atoms with E-state index in [1.54, 1.807) is 105 Å². The maximum atomic E-state index is 14.6. The molecule has 18 rings (SSSR count). The summed E-state index contributed by atoms with van der Waals surface area (Å²) in [7, 11) is -5.04. The molecule has 6 fully saturated rings. The molecular weight excluding hydrogens is 1780 g/mol. The Balaban J connectivity index is 0.000000146. The molecule has 4 N–H and O–H groups in total. The van der Waals surface area contributed by atoms with E-state index in [1.807, 2.05) is 97.1 Å². The fourth-order valence-electron chi connectivity index (χ4n) is 18.4. The summed E-state index contributed by atoms with van der Waals surface area (Å²) in [4.78, 5) is 105. The molecule has 0 radical (unpaired) electrons. The number of nitrogens with one attached hydrogen (secondary N) is 4. The minimum atomic E-state index is -3.90. The van der Waals surface area contributed by atoms with E-state index in [2.05, 4.69) is 36.6 Å². The average Bonchev–Trinajstić information content (AvgIpc) is 1.59. The number of halogens is 2. The van der Waals surface area contributed by atoms with Crippen LogP contribution in [0.4, 0.5) is 8.78 Å². The van der Waals surface area contributed by atoms with Gasteiger partial charge in [-0.1, -0.05) is 127 Å². The highest BCUT2D eigenvalue weighted by atomic mass is 32.2. The molecule has 12 aromatic rings. The largest absolute Gasteiger partial charge is 0.497 e. The number of hydrogen-bond donors (Lipinski definition) is 4. The van der Waals surface area contributed by atoms with Gasteiger partial charge >= 0.3 is 17.1 Å². The van der Waals surface area contributed by atoms with Crippen LogP contribution in [0.1, 0.15) is 110 Å². The summed E-state index contributed by atoms with van der Waals surface area (Å²) in [5.41, 5.74) is 4.31. The van der Waals surface area contributed by atoms with Crippen molar-refractivity contribution in [2.75, 3.05) is 131 Å². The number of carbonyl (C=O) groups excluding carboxylic acids is 4. The van der Waals surface area contributed by atoms with E-state index < -0.39 is 71.2 Å². The molecular formula is C93H108F2N22O14S3. The molecule has 0 bridgehead atoms. The van der Waals surface area contributed by atoms with Crippen molar-refractivity contribution in [3.05, 3.63) is 278 Å². The number of aryl methyl sites for hydroxylation is 3. The first-order valence-electron chi connectivity index (χ1n) is 44.8. The van der Waals surface area contributed by atoms with Crippen LogP contribution in [-0.2, 0) is 70.8 Å². The summed E-state index contributed by atoms with van der Waals surface area (Å²) in [5.74, 6) is -2.57. The highest BCUT2D eigenvalue weighted by molar-refractivity contribution is 7.89. The standard InChI is InChI=1S/C32H38N8O5S.C31H37N7O5S.C30H33F2N7O4S/c1-36-23-27(21-35-36)46(44,45)38-17-8-13-26(22-38)40-28(24-9-4-2-5-10-24)29(31(42)37-18-14-33-15-19-37)39(32(40)43)20-16-34-30(41)25-11-6-3-7-12-25;1-34-22-27(19-33-34)44(41,42)36-15-7-11-25(21-36)38-28(24-9-4-3-5-10-24)29(30(39)35-16-13-32-14-17-35)37(31(38)40)20-23-8-6-12-26(18-23)43-2;1-35-20-24(17-34-35)44(42,43)37-13-5-8-23(19-37)39-27(22-6-3-2-4-7-22)28(29(40)36-14-11-33-12-15-36)38(30(39)41)18-21-9-10-25(31)26(32)16-21/h2-7,9-12,21,23,26,33H,8,13-20,22H2,1H3,(H,34,41);3-6,8-10,12,18-19,22,25,32H,7,11,13-17,20-21H2,1-2H3;2-4,6-7,9-10,16-17,20,23,33H,5,8,11-15,18-19H2,1H3. The molecule has 36 nitrogen and oxygen atoms in total. The fourth-order valence-corrected chi connectivity index (χ4v) is 22.9. The third-order valence-corrected chi connectivity index (χ3v) is 30.5. The van der Waals surface area contributed by atoms with Gasteiger partial charge in [-0.15, -0.1) is 0 Å². The first-order chi connectivity index (χ1) is 64.7. The van der Waals surface area contributed by atoms with Crippen molar-refractivity contribution < 1.29 is 57.9 Å². The van der Waals surface area contributed by atoms with E-state index in [1.165, 1.54) is 83.9 Å². The van der Waals surface area contributed by atoms with Crippen LogP contribution in [0.15, 0.2) is 230 Å². The number of aromatic nitrogens is 12. The lowest BCUT2D eigenvalue weighted by Crippen LogP contribution is -2.47. The smallest absolute Gasteiger partial charge is 0.329 e. The van der Waals surface area contributed by atoms with Crippen molar-refractivity contribution >= 4 is 53.7 Å². The molecule has 0 saturated carbocycles. The predicted octanol–water partition coefficient (Wildman–Crippen LogP) is 6.18. The Kier molecular flexibility index (Phi) is 29.1. The Labute approximate surface area is 773 Å². The zero-order valence-electron chi connectivity index (χ0n) is 74.8. The van der Waals surface area contributed by atoms with Gasteiger partial charge in [-0.2, -0.15) is 28.2 Å². The molecule has 6 saturated heterocycles. The van der Waals surface area contributed by atoms with Gasteiger partial charge in [0.15, 0.2) is 11.6 Å². The van der Waals surface area contributed by atoms with Crippen molar-refractivity contribution in [3.63, 3.8) is 0 Å². The van der Waals surface area contributed by atoms with Crippen molar-refractivity contribution in [2.45, 2.75) is 91.0 Å². The van der Waals surface area contributed by atoms with E-state index in [0.29, 0.717) is 181 Å². The van der Waals surface area contributed by atoms with Crippen molar-refractivity contribution in [1.29, 1.82) is 0 Å². The molecule has 3 atom stereocenters. The topological polar surface area (TPSA) is 382 Å². The number of piperazine rings is 3. The van der Waals surface area contributed by atoms with E-state index >= 15 is 0 Å². The Morgan fingerprint density at radius 3 is 1.10 bits per heavy atom. The van der Waals surface area contributed by atoms with Crippen LogP contribution < -0.4 is 43.1 Å². The van der Waals surface area contributed by atoms with Crippen LogP contribution in [0.5, 0.6) is 5.75 Å². The summed E-state index contributed by atoms with van der Waals surface area (Å²) >= 11 is 0. The predicted molar refractivity (Wildman–Crippen MR) is 496 cm³/mol. The number of sulfonamides is 3. The fraction of sp³-hybridized carbons (Fsp3) is 0.376. The minimum absolute atomic E-state index is 0.00736. The van der Waals surface area contributed by atoms with Crippen LogP contribution in [-0.4, -0.2) is 265 Å². The molecule has 6 aliphatic rings. The van der Waals surface area contributed by atoms with E-state index in [0.717, 1.165) is 23.3 Å². The number of piperidine rings is 3. The number of imidazole rings is 3. The zero-order valence-corrected chi connectivity index (χ0v) is 77.3. The zero-order chi connectivity index (χ0) is 94.1. The van der Waals surface area contributed by atoms with Crippen molar-refractivity contribution in [3.8, 4) is 39.5 Å². The monoisotopic (exact) mass is 1890 g/mol. The lowest BCUT2D eigenvalue weighted by atomic mass is 10.0. The Morgan fingerprint density at radius 2 is 0.761 bits per heavy atom. The first-order valence-corrected chi connectivity index (χ1v) is 49.1. The second kappa shape index (κ2) is 41.3. The number of benzene rings is 6. The van der Waals surface area contributed by atoms with Gasteiger partial charge < -0.3 is 40.7 Å². The summed E-state index contributed by atoms with van der Waals surface area (Å²) < 4.78 is 133. The summed E-state index contributed by atoms with van der Waals surface area (Å²) in [6.45, 7) is 7.85. The molecule has 0 aliphatic carbocycles. The number of rotatable bonds is 24. The highest BCUT2D eigenvalue weighted by Crippen LogP contribution is 2.38. The Hall–Kier alpha value is -12.9. The van der Waals surface area contributed by atoms with Gasteiger partial charge in [0.25, 0.3) is 23.6 Å². The number of carbonyl (C=O) groups is 4. The van der Waals surface area contributed by atoms with Crippen LogP contribution in [0.3, 0.4) is 0 Å². The Morgan fingerprint density at radius 1 is 0.418 bits per heavy atom. The maximum Gasteiger partial charge on any atom is 0.329 e.